The monoisotopic (exact) mass is 2210 g/mol. The number of carbonyl (C=O) groups excluding carboxylic acids is 8. The molecule has 6 aromatic carbocycles. The summed E-state index contributed by atoms with van der Waals surface area (Å²) < 4.78 is 34.1. The number of thiocarbonyl (C=S) groups is 1. The Morgan fingerprint density at radius 3 is 0.723 bits per heavy atom. The Balaban J connectivity index is 0.000000120. The molecule has 18 aliphatic rings. The maximum Gasteiger partial charge on any atom is 0.325 e. The number of benzene rings is 6. The van der Waals surface area contributed by atoms with Gasteiger partial charge in [-0.2, -0.15) is 0 Å². The fraction of sp³-hybridized carbons (Fsp3) is 0.560. The molecule has 6 heterocycles. The van der Waals surface area contributed by atoms with E-state index in [0.29, 0.717) is 48.1 Å². The van der Waals surface area contributed by atoms with Gasteiger partial charge in [0.15, 0.2) is 56.2 Å². The third kappa shape index (κ3) is 16.9. The molecule has 0 radical (unpaired) electrons. The van der Waals surface area contributed by atoms with Gasteiger partial charge >= 0.3 is 12.1 Å². The highest BCUT2D eigenvalue weighted by atomic mass is 79.9. The van der Waals surface area contributed by atoms with Gasteiger partial charge in [0.05, 0.1) is 36.6 Å². The maximum absolute atomic E-state index is 13.3. The number of nitrogens with two attached hydrogens (primary N) is 4. The molecule has 39 heteroatoms. The molecule has 13 N–H and O–H groups in total. The van der Waals surface area contributed by atoms with Crippen molar-refractivity contribution in [2.24, 2.45) is 70.6 Å². The Labute approximate surface area is 903 Å². The van der Waals surface area contributed by atoms with E-state index in [4.69, 9.17) is 141 Å². The van der Waals surface area contributed by atoms with Gasteiger partial charge in [-0.1, -0.05) is 110 Å². The van der Waals surface area contributed by atoms with Crippen LogP contribution in [0, 0.1) is 32.5 Å². The summed E-state index contributed by atoms with van der Waals surface area (Å²) in [6.07, 6.45) is 28.4. The zero-order valence-electron chi connectivity index (χ0n) is 86.2. The highest BCUT2D eigenvalue weighted by Gasteiger charge is 2.74. The number of aliphatic hydroxyl groups excluding tert-OH is 1. The van der Waals surface area contributed by atoms with E-state index < -0.39 is 33.2 Å². The molecule has 148 heavy (non-hydrogen) atoms. The van der Waals surface area contributed by atoms with E-state index in [1.54, 1.807) is 89.8 Å². The van der Waals surface area contributed by atoms with Crippen LogP contribution < -0.4 is 39.0 Å². The predicted molar refractivity (Wildman–Crippen MR) is 572 cm³/mol. The first-order valence-electron chi connectivity index (χ1n) is 50.9. The Hall–Kier alpha value is -9.05. The summed E-state index contributed by atoms with van der Waals surface area (Å²) in [6.45, 7) is 0. The number of rotatable bonds is 6. The quantitative estimate of drug-likeness (QED) is 0.0425. The van der Waals surface area contributed by atoms with Crippen molar-refractivity contribution in [1.82, 2.24) is 45.3 Å². The van der Waals surface area contributed by atoms with E-state index in [-0.39, 0.29) is 117 Å². The van der Waals surface area contributed by atoms with Crippen LogP contribution in [0.1, 0.15) is 221 Å². The molecule has 24 rings (SSSR count). The second-order valence-corrected chi connectivity index (χ2v) is 46.9. The Bertz CT molecular complexity index is 5760. The molecule has 32 nitrogen and oxygen atoms in total. The molecule has 0 aromatic heterocycles. The summed E-state index contributed by atoms with van der Waals surface area (Å²) in [7, 11) is 21.5. The van der Waals surface area contributed by atoms with Gasteiger partial charge < -0.3 is 71.9 Å². The average molecular weight is 2220 g/mol. The average Bonchev–Trinajstić information content (AvgIpc) is 1.55. The number of likely N-dealkylation sites (N-methyl/N-ethyl adjacent to an activating group) is 6. The number of amides is 10. The number of nitrogens with one attached hydrogen (secondary N) is 3. The van der Waals surface area contributed by atoms with Crippen LogP contribution in [0.15, 0.2) is 129 Å². The van der Waals surface area contributed by atoms with E-state index in [9.17, 15) is 38.4 Å². The van der Waals surface area contributed by atoms with Crippen molar-refractivity contribution >= 4 is 157 Å². The number of fused-ring (bicyclic) bond motifs is 18. The molecule has 796 valence electrons. The number of imide groups is 2. The summed E-state index contributed by atoms with van der Waals surface area (Å²) in [5.74, 6) is 4.04. The molecule has 10 amide bonds. The zero-order chi connectivity index (χ0) is 107. The predicted octanol–water partition coefficient (Wildman–Crippen LogP) is 15.1. The second kappa shape index (κ2) is 41.7. The highest BCUT2D eigenvalue weighted by molar-refractivity contribution is 9.10. The summed E-state index contributed by atoms with van der Waals surface area (Å²) in [6, 6.07) is 34.6. The van der Waals surface area contributed by atoms with Gasteiger partial charge in [0.25, 0.3) is 35.4 Å². The third-order valence-electron chi connectivity index (χ3n) is 37.4. The number of aliphatic hydroxyl groups is 1. The van der Waals surface area contributed by atoms with Crippen molar-refractivity contribution in [3.8, 4) is 0 Å². The number of halogens is 6. The van der Waals surface area contributed by atoms with Crippen molar-refractivity contribution < 1.29 is 77.1 Å². The smallest absolute Gasteiger partial charge is 0.325 e. The van der Waals surface area contributed by atoms with Crippen LogP contribution in [0.3, 0.4) is 0 Å². The number of urea groups is 2. The van der Waals surface area contributed by atoms with Crippen LogP contribution in [-0.2, 0) is 129 Å². The van der Waals surface area contributed by atoms with Crippen LogP contribution in [0.25, 0.3) is 0 Å². The van der Waals surface area contributed by atoms with Crippen LogP contribution in [0.5, 0.6) is 0 Å². The van der Waals surface area contributed by atoms with Crippen molar-refractivity contribution in [2.75, 3.05) is 92.1 Å². The third-order valence-corrected chi connectivity index (χ3v) is 39.5. The van der Waals surface area contributed by atoms with Gasteiger partial charge in [-0.15, -0.1) is 0 Å². The van der Waals surface area contributed by atoms with Gasteiger partial charge in [0.1, 0.15) is 0 Å². The molecule has 12 aliphatic carbocycles. The minimum Gasteiger partial charge on any atom is -0.400 e. The largest absolute Gasteiger partial charge is 0.400 e. The number of nitrogens with zero attached hydrogens (tertiary/aromatic N) is 9. The van der Waals surface area contributed by atoms with Gasteiger partial charge in [0, 0.05) is 154 Å². The second-order valence-electron chi connectivity index (χ2n) is 43.4. The summed E-state index contributed by atoms with van der Waals surface area (Å²) in [4.78, 5) is 127. The molecular weight excluding hydrogens is 2080 g/mol. The number of hydrogen-bond acceptors (Lipinski definition) is 24. The first kappa shape index (κ1) is 110. The first-order valence-corrected chi connectivity index (χ1v) is 54.0. The molecule has 4 unspecified atom stereocenters. The van der Waals surface area contributed by atoms with Crippen LogP contribution in [0.4, 0.5) is 9.59 Å². The highest BCUT2D eigenvalue weighted by Crippen LogP contribution is 2.69. The van der Waals surface area contributed by atoms with E-state index in [1.807, 2.05) is 97.1 Å². The molecule has 6 atom stereocenters. The number of ether oxygens (including phenoxy) is 6. The van der Waals surface area contributed by atoms with E-state index in [2.05, 4.69) is 49.9 Å². The van der Waals surface area contributed by atoms with Gasteiger partial charge in [0.2, 0.25) is 0 Å². The number of guanidine groups is 3. The first-order chi connectivity index (χ1) is 70.6. The number of hydrogen-bond donors (Lipinski definition) is 9. The van der Waals surface area contributed by atoms with Gasteiger partial charge in [-0.25, -0.2) is 30.5 Å². The van der Waals surface area contributed by atoms with Gasteiger partial charge in [-0.05, 0) is 344 Å². The molecule has 0 bridgehead atoms. The normalized spacial score (nSPS) is 34.1. The van der Waals surface area contributed by atoms with Crippen LogP contribution >= 0.6 is 86.2 Å². The minimum absolute atomic E-state index is 0.0307. The lowest BCUT2D eigenvalue weighted by molar-refractivity contribution is -0.138. The molecule has 6 aliphatic heterocycles. The van der Waals surface area contributed by atoms with Crippen molar-refractivity contribution in [3.05, 3.63) is 206 Å². The lowest BCUT2D eigenvalue weighted by atomic mass is 9.61. The SMILES string of the molecule is CO.COC1CCC2(CC1)Cc1ccc(Br)cc1C21NC(=O)N(C)C1=O.COC1CCC2(CC1)Cc1ccc(Cl)cc1C21N=C(N)N(C)C1=O.COC1CCC2(CC1)Cc1ccc(Cl)cc1C21NC(=O)N(C)C1=O.COC1CCC2(CC1)Cc1ccc(Cl)cc1C21NC(=S)N(C)C1=O.COC1CCC2(CC1)Cc1ccc(Cl)cc1[C@@]21N=C(N)N(C)C1=O.COC1CCC2(CC1)Cc1ccc(Cl)cc1[C@]21N=C(N)N(C)C1=O.NO. The van der Waals surface area contributed by atoms with Crippen molar-refractivity contribution in [3.63, 3.8) is 0 Å². The van der Waals surface area contributed by atoms with Crippen molar-refractivity contribution in [2.45, 2.75) is 262 Å². The lowest BCUT2D eigenvalue weighted by Crippen LogP contribution is -2.56. The fourth-order valence-electron chi connectivity index (χ4n) is 29.5. The Kier molecular flexibility index (Phi) is 31.1. The maximum atomic E-state index is 13.3. The van der Waals surface area contributed by atoms with Crippen LogP contribution in [0.2, 0.25) is 25.1 Å². The van der Waals surface area contributed by atoms with E-state index in [0.717, 1.165) is 265 Å². The minimum atomic E-state index is -0.988. The van der Waals surface area contributed by atoms with Gasteiger partial charge in [-0.3, -0.25) is 58.2 Å². The van der Waals surface area contributed by atoms with Crippen LogP contribution in [-0.4, -0.2) is 239 Å². The molecular formula is C109H136BrCl5N16O16S. The standard InChI is InChI=1S/C18H21BrN2O3.3C18H22ClN3O2.C18H21ClN2O3.C18H21ClN2O2S.CH4O.H3NO/c1-21-15(22)18(20-16(21)23)14-9-12(19)4-3-11(14)10-17(18)7-5-13(24-2)6-8-17;3*1-22-15(23)18(21-16(22)20)14-9-12(19)4-3-11(14)10-17(18)7-5-13(24-2)6-8-17;1-21-15(22)18(20-16(21)23)14-9-12(19)4-3-11(14)10-17(18)7-5-13(24-2)6-8-17;1-21-15(22)18(20-16(21)24)14-9-12(19)4-3-11(14)10-17(18)7-5-13(23-2)6-8-17;2*1-2/h3-4,9,13H,5-8,10H2,1-2H3,(H,20,23);3*3-4,9,13H,5-8,10H2,1-2H3,(H2,20,21);3-4,9,13H,5-8,10H2,1-2H3,(H,20,23);3-4,9,13H,5-8,10H2,1-2H3,(H,20,24);2H,1H3;2H,1H2/t;2*13?,17?,18-;;;;;/m.10...../s1. The van der Waals surface area contributed by atoms with Crippen molar-refractivity contribution in [1.29, 1.82) is 0 Å². The molecule has 6 saturated carbocycles. The van der Waals surface area contributed by atoms with E-state index in [1.165, 1.54) is 30.1 Å². The molecule has 6 aromatic rings. The summed E-state index contributed by atoms with van der Waals surface area (Å²) in [5.41, 5.74) is 23.9. The number of carbonyl (C=O) groups is 8. The zero-order valence-corrected chi connectivity index (χ0v) is 92.4. The Morgan fingerprint density at radius 2 is 0.514 bits per heavy atom. The molecule has 9 fully saturated rings. The van der Waals surface area contributed by atoms with E-state index >= 15 is 0 Å². The Morgan fingerprint density at radius 1 is 0.311 bits per heavy atom. The summed E-state index contributed by atoms with van der Waals surface area (Å²) >= 11 is 40.2. The number of aliphatic imine (C=N–C) groups is 3. The molecule has 12 spiro atoms. The lowest BCUT2D eigenvalue weighted by Gasteiger charge is -2.46. The summed E-state index contributed by atoms with van der Waals surface area (Å²) in [5, 5.41) is 26.7. The topological polar surface area (TPSA) is 429 Å². The molecule has 3 saturated heterocycles. The fourth-order valence-corrected chi connectivity index (χ4v) is 31.0. The number of methoxy groups -OCH3 is 6.